The van der Waals surface area contributed by atoms with Crippen molar-refractivity contribution in [1.29, 1.82) is 0 Å². The van der Waals surface area contributed by atoms with Gasteiger partial charge in [0.25, 0.3) is 0 Å². The van der Waals surface area contributed by atoms with E-state index in [2.05, 4.69) is 216 Å². The molecule has 0 aliphatic rings. The maximum absolute atomic E-state index is 5.47. The lowest BCUT2D eigenvalue weighted by atomic mass is 9.94. The molecule has 58 heavy (non-hydrogen) atoms. The van der Waals surface area contributed by atoms with Gasteiger partial charge in [-0.25, -0.2) is 9.97 Å². The van der Waals surface area contributed by atoms with Gasteiger partial charge in [0.1, 0.15) is 5.82 Å². The Morgan fingerprint density at radius 2 is 0.914 bits per heavy atom. The highest BCUT2D eigenvalue weighted by Gasteiger charge is 2.18. The van der Waals surface area contributed by atoms with Crippen molar-refractivity contribution in [2.24, 2.45) is 0 Å². The molecule has 0 aliphatic heterocycles. The number of imidazole rings is 1. The Morgan fingerprint density at radius 3 is 1.64 bits per heavy atom. The number of rotatable bonds is 7. The van der Waals surface area contributed by atoms with Crippen molar-refractivity contribution in [3.8, 4) is 39.5 Å². The van der Waals surface area contributed by atoms with Gasteiger partial charge in [-0.15, -0.1) is 0 Å². The summed E-state index contributed by atoms with van der Waals surface area (Å²) in [4.78, 5) is 12.9. The van der Waals surface area contributed by atoms with Crippen LogP contribution in [0.3, 0.4) is 0 Å². The topological polar surface area (TPSA) is 34.0 Å². The van der Waals surface area contributed by atoms with E-state index in [9.17, 15) is 0 Å². The number of benzene rings is 9. The highest BCUT2D eigenvalue weighted by molar-refractivity contribution is 6.22. The van der Waals surface area contributed by atoms with Crippen molar-refractivity contribution in [3.63, 3.8) is 0 Å². The van der Waals surface area contributed by atoms with Crippen LogP contribution in [-0.4, -0.2) is 14.5 Å². The molecular formula is C54H36N4. The average Bonchev–Trinajstić information content (AvgIpc) is 3.70. The maximum Gasteiger partial charge on any atom is 0.145 e. The van der Waals surface area contributed by atoms with E-state index in [0.717, 1.165) is 83.8 Å². The molecule has 0 unspecified atom stereocenters. The summed E-state index contributed by atoms with van der Waals surface area (Å²) < 4.78 is 2.25. The molecule has 0 amide bonds. The number of anilines is 3. The SMILES string of the molecule is c1ccc(N(c2ccccc2)c2ccc(-c3ccc(-c4nc5cc(-c6nc7ccccc7n6-c6ccccc6)ccc5c5c4ccc4ccccc45)cc3)cc2)cc1. The van der Waals surface area contributed by atoms with Crippen molar-refractivity contribution in [1.82, 2.24) is 14.5 Å². The van der Waals surface area contributed by atoms with E-state index in [4.69, 9.17) is 9.97 Å². The third-order valence-electron chi connectivity index (χ3n) is 11.2. The van der Waals surface area contributed by atoms with E-state index in [-0.39, 0.29) is 0 Å². The van der Waals surface area contributed by atoms with Crippen molar-refractivity contribution >= 4 is 60.5 Å². The predicted octanol–water partition coefficient (Wildman–Crippen LogP) is 14.4. The lowest BCUT2D eigenvalue weighted by Gasteiger charge is -2.25. The van der Waals surface area contributed by atoms with Crippen LogP contribution in [0, 0.1) is 0 Å². The number of para-hydroxylation sites is 5. The van der Waals surface area contributed by atoms with E-state index in [1.165, 1.54) is 16.2 Å². The second-order valence-electron chi connectivity index (χ2n) is 14.6. The highest BCUT2D eigenvalue weighted by Crippen LogP contribution is 2.40. The molecule has 0 atom stereocenters. The van der Waals surface area contributed by atoms with Gasteiger partial charge in [0.05, 0.1) is 22.2 Å². The van der Waals surface area contributed by atoms with Gasteiger partial charge >= 0.3 is 0 Å². The largest absolute Gasteiger partial charge is 0.311 e. The normalized spacial score (nSPS) is 11.4. The molecule has 0 spiro atoms. The number of nitrogens with zero attached hydrogens (tertiary/aromatic N) is 4. The molecule has 2 aromatic heterocycles. The standard InChI is InChI=1S/C54H36N4/c1-4-15-42(16-5-1)57(43-17-6-2-7-18-43)45-32-28-38(29-33-45)37-24-26-40(27-25-37)53-48-35-30-39-14-10-11-21-46(39)52(48)47-34-31-41(36-50(47)55-53)54-56-49-22-12-13-23-51(49)58(54)44-19-8-3-9-20-44/h1-36H. The van der Waals surface area contributed by atoms with Gasteiger partial charge in [-0.3, -0.25) is 4.57 Å². The van der Waals surface area contributed by atoms with Crippen molar-refractivity contribution in [3.05, 3.63) is 218 Å². The monoisotopic (exact) mass is 740 g/mol. The Labute approximate surface area is 336 Å². The summed E-state index contributed by atoms with van der Waals surface area (Å²) in [7, 11) is 0. The summed E-state index contributed by atoms with van der Waals surface area (Å²) in [5.41, 5.74) is 12.7. The summed E-state index contributed by atoms with van der Waals surface area (Å²) in [5, 5.41) is 5.89. The minimum atomic E-state index is 0.890. The molecule has 4 nitrogen and oxygen atoms in total. The summed E-state index contributed by atoms with van der Waals surface area (Å²) in [6, 6.07) is 77.3. The van der Waals surface area contributed by atoms with Crippen LogP contribution < -0.4 is 4.90 Å². The van der Waals surface area contributed by atoms with Crippen LogP contribution in [0.4, 0.5) is 17.1 Å². The number of fused-ring (bicyclic) bond motifs is 6. The summed E-state index contributed by atoms with van der Waals surface area (Å²) in [5.74, 6) is 0.890. The molecule has 4 heteroatoms. The molecule has 0 saturated heterocycles. The van der Waals surface area contributed by atoms with E-state index in [1.54, 1.807) is 0 Å². The molecule has 11 rings (SSSR count). The lowest BCUT2D eigenvalue weighted by molar-refractivity contribution is 1.10. The fourth-order valence-electron chi connectivity index (χ4n) is 8.42. The number of hydrogen-bond acceptors (Lipinski definition) is 3. The first-order valence-corrected chi connectivity index (χ1v) is 19.7. The molecule has 9 aromatic carbocycles. The molecule has 0 fully saturated rings. The molecular weight excluding hydrogens is 705 g/mol. The number of hydrogen-bond donors (Lipinski definition) is 0. The van der Waals surface area contributed by atoms with Crippen LogP contribution in [0.15, 0.2) is 218 Å². The molecule has 0 radical (unpaired) electrons. The molecule has 2 heterocycles. The van der Waals surface area contributed by atoms with Crippen LogP contribution in [0.1, 0.15) is 0 Å². The van der Waals surface area contributed by atoms with Gasteiger partial charge in [0.15, 0.2) is 0 Å². The quantitative estimate of drug-likeness (QED) is 0.153. The van der Waals surface area contributed by atoms with Gasteiger partial charge in [-0.05, 0) is 88.6 Å². The number of pyridine rings is 1. The molecule has 11 aromatic rings. The van der Waals surface area contributed by atoms with Crippen LogP contribution in [0.2, 0.25) is 0 Å². The van der Waals surface area contributed by atoms with Crippen LogP contribution in [0.25, 0.3) is 82.9 Å². The van der Waals surface area contributed by atoms with Gasteiger partial charge in [0, 0.05) is 50.0 Å². The fraction of sp³-hybridized carbons (Fsp3) is 0. The second-order valence-corrected chi connectivity index (χ2v) is 14.6. The summed E-state index contributed by atoms with van der Waals surface area (Å²) in [6.07, 6.45) is 0. The van der Waals surface area contributed by atoms with E-state index in [0.29, 0.717) is 0 Å². The molecule has 0 bridgehead atoms. The third kappa shape index (κ3) is 5.78. The van der Waals surface area contributed by atoms with Gasteiger partial charge < -0.3 is 4.90 Å². The minimum absolute atomic E-state index is 0.890. The van der Waals surface area contributed by atoms with Crippen LogP contribution in [0.5, 0.6) is 0 Å². The Hall–Kier alpha value is -7.82. The van der Waals surface area contributed by atoms with E-state index in [1.807, 2.05) is 12.1 Å². The average molecular weight is 741 g/mol. The van der Waals surface area contributed by atoms with Gasteiger partial charge in [-0.2, -0.15) is 0 Å². The maximum atomic E-state index is 5.47. The van der Waals surface area contributed by atoms with E-state index >= 15 is 0 Å². The Bertz CT molecular complexity index is 3210. The first-order valence-electron chi connectivity index (χ1n) is 19.7. The van der Waals surface area contributed by atoms with Crippen molar-refractivity contribution in [2.45, 2.75) is 0 Å². The van der Waals surface area contributed by atoms with Crippen LogP contribution >= 0.6 is 0 Å². The zero-order valence-corrected chi connectivity index (χ0v) is 31.6. The molecule has 0 saturated carbocycles. The van der Waals surface area contributed by atoms with Crippen molar-refractivity contribution < 1.29 is 0 Å². The molecule has 0 N–H and O–H groups in total. The highest BCUT2D eigenvalue weighted by atomic mass is 15.1. The predicted molar refractivity (Wildman–Crippen MR) is 242 cm³/mol. The van der Waals surface area contributed by atoms with E-state index < -0.39 is 0 Å². The lowest BCUT2D eigenvalue weighted by Crippen LogP contribution is -2.09. The minimum Gasteiger partial charge on any atom is -0.311 e. The van der Waals surface area contributed by atoms with Crippen molar-refractivity contribution in [2.75, 3.05) is 4.90 Å². The molecule has 272 valence electrons. The van der Waals surface area contributed by atoms with Crippen LogP contribution in [-0.2, 0) is 0 Å². The molecule has 0 aliphatic carbocycles. The smallest absolute Gasteiger partial charge is 0.145 e. The Morgan fingerprint density at radius 1 is 0.362 bits per heavy atom. The first-order chi connectivity index (χ1) is 28.8. The Kier molecular flexibility index (Phi) is 8.11. The number of aromatic nitrogens is 3. The third-order valence-corrected chi connectivity index (χ3v) is 11.2. The second kappa shape index (κ2) is 14.0. The summed E-state index contributed by atoms with van der Waals surface area (Å²) >= 11 is 0. The van der Waals surface area contributed by atoms with Gasteiger partial charge in [-0.1, -0.05) is 152 Å². The fourth-order valence-corrected chi connectivity index (χ4v) is 8.42. The Balaban J connectivity index is 1.02. The first kappa shape index (κ1) is 33.5. The summed E-state index contributed by atoms with van der Waals surface area (Å²) in [6.45, 7) is 0. The van der Waals surface area contributed by atoms with Gasteiger partial charge in [0.2, 0.25) is 0 Å². The zero-order valence-electron chi connectivity index (χ0n) is 31.6. The zero-order chi connectivity index (χ0) is 38.4.